The van der Waals surface area contributed by atoms with Crippen LogP contribution in [0.25, 0.3) is 11.2 Å². The molecule has 8 nitrogen and oxygen atoms in total. The van der Waals surface area contributed by atoms with Crippen LogP contribution in [-0.2, 0) is 4.74 Å². The van der Waals surface area contributed by atoms with E-state index in [-0.39, 0.29) is 5.28 Å². The van der Waals surface area contributed by atoms with Crippen molar-refractivity contribution in [2.75, 3.05) is 12.0 Å². The van der Waals surface area contributed by atoms with Gasteiger partial charge in [0.25, 0.3) is 0 Å². The Bertz CT molecular complexity index is 866. The fraction of sp³-hybridized carbons (Fsp3) is 0.706. The summed E-state index contributed by atoms with van der Waals surface area (Å²) in [4.78, 5) is 12.9. The lowest BCUT2D eigenvalue weighted by Gasteiger charge is -2.23. The highest BCUT2D eigenvalue weighted by Crippen LogP contribution is 2.45. The standard InChI is InChI=1S/C17H21ClFN5O3/c18-17-22-14(21-9-4-7-1-2-8(9)3-7)11-15(23-17)24(6-20-11)16-13(26)12(25)10(5-19)27-16/h6-10,12-13,16,25-26H,1-5H2,(H,21,22,23)/t7?,8?,9?,10-,12?,13?,16-/m1/s1. The van der Waals surface area contributed by atoms with Gasteiger partial charge in [0.05, 0.1) is 6.33 Å². The summed E-state index contributed by atoms with van der Waals surface area (Å²) < 4.78 is 19.9. The first-order valence-electron chi connectivity index (χ1n) is 9.29. The summed E-state index contributed by atoms with van der Waals surface area (Å²) in [6.07, 6.45) is 1.64. The molecule has 5 unspecified atom stereocenters. The molecule has 1 saturated heterocycles. The van der Waals surface area contributed by atoms with Crippen LogP contribution in [0, 0.1) is 11.8 Å². The average molecular weight is 398 g/mol. The molecule has 2 saturated carbocycles. The maximum Gasteiger partial charge on any atom is 0.226 e. The predicted octanol–water partition coefficient (Wildman–Crippen LogP) is 1.67. The lowest BCUT2D eigenvalue weighted by Crippen LogP contribution is -2.32. The van der Waals surface area contributed by atoms with E-state index in [1.165, 1.54) is 30.2 Å². The van der Waals surface area contributed by atoms with E-state index in [4.69, 9.17) is 16.3 Å². The molecule has 5 rings (SSSR count). The van der Waals surface area contributed by atoms with Crippen molar-refractivity contribution < 1.29 is 19.3 Å². The van der Waals surface area contributed by atoms with Gasteiger partial charge in [-0.3, -0.25) is 4.57 Å². The fourth-order valence-electron chi connectivity index (χ4n) is 4.86. The molecule has 3 aliphatic rings. The Labute approximate surface area is 159 Å². The maximum absolute atomic E-state index is 13.0. The molecule has 10 heteroatoms. The van der Waals surface area contributed by atoms with Crippen LogP contribution in [0.3, 0.4) is 0 Å². The quantitative estimate of drug-likeness (QED) is 0.674. The third-order valence-corrected chi connectivity index (χ3v) is 6.39. The highest BCUT2D eigenvalue weighted by Gasteiger charge is 2.44. The summed E-state index contributed by atoms with van der Waals surface area (Å²) in [7, 11) is 0. The van der Waals surface area contributed by atoms with Crippen molar-refractivity contribution in [2.24, 2.45) is 11.8 Å². The van der Waals surface area contributed by atoms with E-state index in [0.717, 1.165) is 12.3 Å². The number of aliphatic hydroxyl groups is 2. The molecule has 0 radical (unpaired) electrons. The first kappa shape index (κ1) is 17.5. The highest BCUT2D eigenvalue weighted by molar-refractivity contribution is 6.28. The molecule has 3 heterocycles. The van der Waals surface area contributed by atoms with Gasteiger partial charge in [-0.1, -0.05) is 6.42 Å². The number of rotatable bonds is 4. The van der Waals surface area contributed by atoms with Crippen LogP contribution in [0.5, 0.6) is 0 Å². The maximum atomic E-state index is 13.0. The molecule has 3 fully saturated rings. The number of fused-ring (bicyclic) bond motifs is 3. The second-order valence-corrected chi connectivity index (χ2v) is 8.13. The van der Waals surface area contributed by atoms with Gasteiger partial charge in [-0.25, -0.2) is 9.37 Å². The van der Waals surface area contributed by atoms with Gasteiger partial charge < -0.3 is 20.3 Å². The van der Waals surface area contributed by atoms with Crippen molar-refractivity contribution in [2.45, 2.75) is 56.3 Å². The summed E-state index contributed by atoms with van der Waals surface area (Å²) in [6, 6.07) is 0.342. The molecule has 0 amide bonds. The molecule has 0 aromatic carbocycles. The van der Waals surface area contributed by atoms with E-state index in [9.17, 15) is 14.6 Å². The number of aromatic nitrogens is 4. The number of alkyl halides is 1. The van der Waals surface area contributed by atoms with Gasteiger partial charge in [-0.15, -0.1) is 0 Å². The molecule has 2 aromatic heterocycles. The zero-order valence-corrected chi connectivity index (χ0v) is 15.3. The van der Waals surface area contributed by atoms with Crippen LogP contribution in [0.15, 0.2) is 6.33 Å². The Kier molecular flexibility index (Phi) is 4.23. The van der Waals surface area contributed by atoms with Crippen molar-refractivity contribution in [1.29, 1.82) is 0 Å². The van der Waals surface area contributed by atoms with E-state index >= 15 is 0 Å². The van der Waals surface area contributed by atoms with Crippen molar-refractivity contribution >= 4 is 28.6 Å². The van der Waals surface area contributed by atoms with E-state index < -0.39 is 31.2 Å². The first-order chi connectivity index (χ1) is 13.0. The highest BCUT2D eigenvalue weighted by atomic mass is 35.5. The summed E-state index contributed by atoms with van der Waals surface area (Å²) in [5, 5.41) is 23.7. The summed E-state index contributed by atoms with van der Waals surface area (Å²) >= 11 is 6.13. The SMILES string of the molecule is OC1C(O)[C@@H](CF)O[C@H]1n1cnc2c(NC3CC4CCC3C4)nc(Cl)nc21. The summed E-state index contributed by atoms with van der Waals surface area (Å²) in [5.41, 5.74) is 0.882. The third-order valence-electron chi connectivity index (χ3n) is 6.22. The monoisotopic (exact) mass is 397 g/mol. The molecule has 3 N–H and O–H groups in total. The average Bonchev–Trinajstić information content (AvgIpc) is 3.41. The normalized spacial score (nSPS) is 38.1. The number of hydrogen-bond acceptors (Lipinski definition) is 7. The summed E-state index contributed by atoms with van der Waals surface area (Å²) in [6.45, 7) is -0.895. The number of hydrogen-bond donors (Lipinski definition) is 3. The largest absolute Gasteiger partial charge is 0.387 e. The van der Waals surface area contributed by atoms with E-state index in [0.29, 0.717) is 28.9 Å². The second kappa shape index (κ2) is 6.51. The van der Waals surface area contributed by atoms with Crippen LogP contribution in [0.1, 0.15) is 31.9 Å². The van der Waals surface area contributed by atoms with Crippen LogP contribution in [0.2, 0.25) is 5.28 Å². The molecular formula is C17H21ClFN5O3. The molecular weight excluding hydrogens is 377 g/mol. The lowest BCUT2D eigenvalue weighted by atomic mass is 9.95. The summed E-state index contributed by atoms with van der Waals surface area (Å²) in [5.74, 6) is 1.97. The van der Waals surface area contributed by atoms with Gasteiger partial charge in [0.15, 0.2) is 23.2 Å². The number of anilines is 1. The van der Waals surface area contributed by atoms with E-state index in [1.54, 1.807) is 0 Å². The van der Waals surface area contributed by atoms with Crippen molar-refractivity contribution in [3.05, 3.63) is 11.6 Å². The van der Waals surface area contributed by atoms with Crippen LogP contribution < -0.4 is 5.32 Å². The van der Waals surface area contributed by atoms with Crippen LogP contribution in [-0.4, -0.2) is 60.8 Å². The third kappa shape index (κ3) is 2.79. The van der Waals surface area contributed by atoms with Gasteiger partial charge in [0, 0.05) is 6.04 Å². The van der Waals surface area contributed by atoms with Gasteiger partial charge in [-0.2, -0.15) is 9.97 Å². The Balaban J connectivity index is 1.48. The Hall–Kier alpha value is -1.55. The first-order valence-corrected chi connectivity index (χ1v) is 9.67. The Morgan fingerprint density at radius 1 is 1.26 bits per heavy atom. The van der Waals surface area contributed by atoms with Crippen LogP contribution >= 0.6 is 11.6 Å². The second-order valence-electron chi connectivity index (χ2n) is 7.79. The topological polar surface area (TPSA) is 105 Å². The number of nitrogens with zero attached hydrogens (tertiary/aromatic N) is 4. The molecule has 27 heavy (non-hydrogen) atoms. The van der Waals surface area contributed by atoms with Crippen molar-refractivity contribution in [3.63, 3.8) is 0 Å². The molecule has 1 aliphatic heterocycles. The number of aliphatic hydroxyl groups excluding tert-OH is 2. The minimum absolute atomic E-state index is 0.0463. The fourth-order valence-corrected chi connectivity index (χ4v) is 5.02. The Morgan fingerprint density at radius 2 is 2.11 bits per heavy atom. The molecule has 0 spiro atoms. The number of ether oxygens (including phenoxy) is 1. The minimum Gasteiger partial charge on any atom is -0.387 e. The minimum atomic E-state index is -1.32. The number of imidazole rings is 1. The van der Waals surface area contributed by atoms with E-state index in [2.05, 4.69) is 20.3 Å². The van der Waals surface area contributed by atoms with Crippen LogP contribution in [0.4, 0.5) is 10.2 Å². The Morgan fingerprint density at radius 3 is 2.78 bits per heavy atom. The molecule has 7 atom stereocenters. The van der Waals surface area contributed by atoms with Gasteiger partial charge in [0.1, 0.15) is 25.0 Å². The number of halogens is 2. The molecule has 2 aromatic rings. The van der Waals surface area contributed by atoms with Gasteiger partial charge in [0.2, 0.25) is 5.28 Å². The zero-order chi connectivity index (χ0) is 18.7. The van der Waals surface area contributed by atoms with Crippen molar-refractivity contribution in [3.8, 4) is 0 Å². The van der Waals surface area contributed by atoms with Gasteiger partial charge >= 0.3 is 0 Å². The number of nitrogens with one attached hydrogen (secondary N) is 1. The smallest absolute Gasteiger partial charge is 0.226 e. The zero-order valence-electron chi connectivity index (χ0n) is 14.5. The predicted molar refractivity (Wildman–Crippen MR) is 95.1 cm³/mol. The van der Waals surface area contributed by atoms with E-state index in [1.807, 2.05) is 0 Å². The lowest BCUT2D eigenvalue weighted by molar-refractivity contribution is -0.0409. The van der Waals surface area contributed by atoms with Crippen molar-refractivity contribution in [1.82, 2.24) is 19.5 Å². The molecule has 146 valence electrons. The van der Waals surface area contributed by atoms with Gasteiger partial charge in [-0.05, 0) is 42.7 Å². The molecule has 2 bridgehead atoms. The molecule has 2 aliphatic carbocycles.